The normalized spacial score (nSPS) is 22.3. The summed E-state index contributed by atoms with van der Waals surface area (Å²) in [6, 6.07) is -0.605. The molecule has 0 radical (unpaired) electrons. The molecular weight excluding hydrogens is 295 g/mol. The van der Waals surface area contributed by atoms with E-state index in [0.717, 1.165) is 4.68 Å². The number of hydrogen-bond donors (Lipinski definition) is 1. The van der Waals surface area contributed by atoms with Gasteiger partial charge in [-0.15, -0.1) is 0 Å². The highest BCUT2D eigenvalue weighted by Crippen LogP contribution is 2.37. The average molecular weight is 311 g/mol. The van der Waals surface area contributed by atoms with E-state index < -0.39 is 27.7 Å². The second kappa shape index (κ2) is 4.94. The third-order valence-electron chi connectivity index (χ3n) is 3.37. The Hall–Kier alpha value is -1.25. The van der Waals surface area contributed by atoms with Crippen LogP contribution >= 0.6 is 0 Å². The van der Waals surface area contributed by atoms with Gasteiger partial charge in [-0.2, -0.15) is 18.3 Å². The van der Waals surface area contributed by atoms with Gasteiger partial charge in [0.15, 0.2) is 15.5 Å². The predicted octanol–water partition coefficient (Wildman–Crippen LogP) is 1.80. The molecule has 1 fully saturated rings. The number of nitrogens with two attached hydrogens (primary N) is 1. The smallest absolute Gasteiger partial charge is 0.384 e. The summed E-state index contributed by atoms with van der Waals surface area (Å²) >= 11 is 0. The third kappa shape index (κ3) is 2.77. The van der Waals surface area contributed by atoms with Crippen molar-refractivity contribution in [1.82, 2.24) is 9.78 Å². The summed E-state index contributed by atoms with van der Waals surface area (Å²) in [5.74, 6) is -0.315. The largest absolute Gasteiger partial charge is 0.435 e. The molecule has 1 unspecified atom stereocenters. The van der Waals surface area contributed by atoms with E-state index in [2.05, 4.69) is 5.10 Å². The topological polar surface area (TPSA) is 78.0 Å². The monoisotopic (exact) mass is 311 g/mol. The Balaban J connectivity index is 2.45. The molecule has 114 valence electrons. The fourth-order valence-electron chi connectivity index (χ4n) is 2.45. The minimum Gasteiger partial charge on any atom is -0.384 e. The molecular formula is C11H16F3N3O2S. The van der Waals surface area contributed by atoms with E-state index in [0.29, 0.717) is 6.42 Å². The standard InChI is InChI=1S/C11H16F3N3O2S/c1-2-3-8-9(11(12,13)14)16-17(10(8)15)7-4-5-20(18,19)6-7/h7H,2-6,15H2,1H3. The van der Waals surface area contributed by atoms with E-state index in [4.69, 9.17) is 5.73 Å². The predicted molar refractivity (Wildman–Crippen MR) is 67.9 cm³/mol. The van der Waals surface area contributed by atoms with Crippen molar-refractivity contribution >= 4 is 15.7 Å². The molecule has 1 saturated heterocycles. The Morgan fingerprint density at radius 3 is 2.55 bits per heavy atom. The fraction of sp³-hybridized carbons (Fsp3) is 0.727. The molecule has 20 heavy (non-hydrogen) atoms. The van der Waals surface area contributed by atoms with Crippen molar-refractivity contribution in [2.24, 2.45) is 0 Å². The molecule has 1 aliphatic heterocycles. The van der Waals surface area contributed by atoms with E-state index >= 15 is 0 Å². The number of alkyl halides is 3. The highest BCUT2D eigenvalue weighted by molar-refractivity contribution is 7.91. The van der Waals surface area contributed by atoms with Crippen LogP contribution in [0.5, 0.6) is 0 Å². The lowest BCUT2D eigenvalue weighted by Crippen LogP contribution is -2.15. The van der Waals surface area contributed by atoms with Gasteiger partial charge in [0.2, 0.25) is 0 Å². The quantitative estimate of drug-likeness (QED) is 0.923. The first-order valence-corrected chi connectivity index (χ1v) is 8.12. The van der Waals surface area contributed by atoms with E-state index in [1.165, 1.54) is 0 Å². The first-order valence-electron chi connectivity index (χ1n) is 6.30. The number of anilines is 1. The molecule has 1 aliphatic rings. The Morgan fingerprint density at radius 1 is 1.45 bits per heavy atom. The Labute approximate surface area is 114 Å². The summed E-state index contributed by atoms with van der Waals surface area (Å²) in [5, 5.41) is 3.55. The highest BCUT2D eigenvalue weighted by Gasteiger charge is 2.40. The third-order valence-corrected chi connectivity index (χ3v) is 5.12. The average Bonchev–Trinajstić information content (AvgIpc) is 2.81. The maximum absolute atomic E-state index is 13.0. The van der Waals surface area contributed by atoms with Gasteiger partial charge in [-0.3, -0.25) is 0 Å². The lowest BCUT2D eigenvalue weighted by molar-refractivity contribution is -0.142. The van der Waals surface area contributed by atoms with Gasteiger partial charge in [0.25, 0.3) is 0 Å². The molecule has 2 N–H and O–H groups in total. The van der Waals surface area contributed by atoms with Gasteiger partial charge in [0.05, 0.1) is 17.5 Å². The first kappa shape index (κ1) is 15.1. The van der Waals surface area contributed by atoms with Crippen molar-refractivity contribution in [3.8, 4) is 0 Å². The molecule has 5 nitrogen and oxygen atoms in total. The van der Waals surface area contributed by atoms with E-state index in [9.17, 15) is 21.6 Å². The second-order valence-electron chi connectivity index (χ2n) is 4.96. The van der Waals surface area contributed by atoms with Crippen molar-refractivity contribution in [3.63, 3.8) is 0 Å². The molecule has 1 atom stereocenters. The maximum atomic E-state index is 13.0. The number of halogens is 3. The fourth-order valence-corrected chi connectivity index (χ4v) is 4.14. The lowest BCUT2D eigenvalue weighted by Gasteiger charge is -2.10. The molecule has 9 heteroatoms. The lowest BCUT2D eigenvalue weighted by atomic mass is 10.1. The first-order chi connectivity index (χ1) is 9.15. The second-order valence-corrected chi connectivity index (χ2v) is 7.19. The molecule has 0 aromatic carbocycles. The zero-order chi connectivity index (χ0) is 15.1. The van der Waals surface area contributed by atoms with Crippen LogP contribution in [0.4, 0.5) is 19.0 Å². The highest BCUT2D eigenvalue weighted by atomic mass is 32.2. The van der Waals surface area contributed by atoms with Crippen molar-refractivity contribution in [1.29, 1.82) is 0 Å². The number of nitrogen functional groups attached to an aromatic ring is 1. The van der Waals surface area contributed by atoms with Crippen LogP contribution in [0, 0.1) is 0 Å². The SMILES string of the molecule is CCCc1c(C(F)(F)F)nn(C2CCS(=O)(=O)C2)c1N. The van der Waals surface area contributed by atoms with Crippen LogP contribution in [0.3, 0.4) is 0 Å². The van der Waals surface area contributed by atoms with Gasteiger partial charge >= 0.3 is 6.18 Å². The van der Waals surface area contributed by atoms with Crippen molar-refractivity contribution in [2.45, 2.75) is 38.4 Å². The van der Waals surface area contributed by atoms with Crippen LogP contribution in [-0.4, -0.2) is 29.7 Å². The van der Waals surface area contributed by atoms with Crippen molar-refractivity contribution in [3.05, 3.63) is 11.3 Å². The number of hydrogen-bond acceptors (Lipinski definition) is 4. The van der Waals surface area contributed by atoms with Crippen LogP contribution in [0.1, 0.15) is 37.1 Å². The molecule has 2 rings (SSSR count). The zero-order valence-electron chi connectivity index (χ0n) is 10.9. The summed E-state index contributed by atoms with van der Waals surface area (Å²) in [4.78, 5) is 0. The number of nitrogens with zero attached hydrogens (tertiary/aromatic N) is 2. The van der Waals surface area contributed by atoms with Gasteiger partial charge in [0, 0.05) is 5.56 Å². The molecule has 1 aromatic rings. The van der Waals surface area contributed by atoms with Gasteiger partial charge < -0.3 is 5.73 Å². The molecule has 2 heterocycles. The molecule has 0 amide bonds. The summed E-state index contributed by atoms with van der Waals surface area (Å²) in [5.41, 5.74) is 4.72. The van der Waals surface area contributed by atoms with Crippen LogP contribution in [0.25, 0.3) is 0 Å². The minimum absolute atomic E-state index is 0.0377. The summed E-state index contributed by atoms with van der Waals surface area (Å²) in [7, 11) is -3.21. The van der Waals surface area contributed by atoms with Crippen molar-refractivity contribution in [2.75, 3.05) is 17.2 Å². The maximum Gasteiger partial charge on any atom is 0.435 e. The Morgan fingerprint density at radius 2 is 2.10 bits per heavy atom. The van der Waals surface area contributed by atoms with Crippen molar-refractivity contribution < 1.29 is 21.6 Å². The summed E-state index contributed by atoms with van der Waals surface area (Å²) in [6.45, 7) is 1.75. The molecule has 0 spiro atoms. The summed E-state index contributed by atoms with van der Waals surface area (Å²) < 4.78 is 62.8. The van der Waals surface area contributed by atoms with Crippen LogP contribution in [0.2, 0.25) is 0 Å². The number of aromatic nitrogens is 2. The van der Waals surface area contributed by atoms with E-state index in [-0.39, 0.29) is 35.7 Å². The summed E-state index contributed by atoms with van der Waals surface area (Å²) in [6.07, 6.45) is -3.67. The van der Waals surface area contributed by atoms with E-state index in [1.807, 2.05) is 0 Å². The molecule has 0 saturated carbocycles. The van der Waals surface area contributed by atoms with Gasteiger partial charge in [-0.25, -0.2) is 13.1 Å². The Kier molecular flexibility index (Phi) is 3.74. The molecule has 0 bridgehead atoms. The molecule has 1 aromatic heterocycles. The minimum atomic E-state index is -4.58. The Bertz CT molecular complexity index is 607. The molecule has 0 aliphatic carbocycles. The number of rotatable bonds is 3. The van der Waals surface area contributed by atoms with Crippen LogP contribution < -0.4 is 5.73 Å². The van der Waals surface area contributed by atoms with Gasteiger partial charge in [-0.05, 0) is 12.8 Å². The van der Waals surface area contributed by atoms with Crippen LogP contribution in [0.15, 0.2) is 0 Å². The number of sulfone groups is 1. The van der Waals surface area contributed by atoms with E-state index in [1.54, 1.807) is 6.92 Å². The van der Waals surface area contributed by atoms with Gasteiger partial charge in [-0.1, -0.05) is 13.3 Å². The zero-order valence-corrected chi connectivity index (χ0v) is 11.8. The van der Waals surface area contributed by atoms with Gasteiger partial charge in [0.1, 0.15) is 5.82 Å². The van der Waals surface area contributed by atoms with Crippen LogP contribution in [-0.2, 0) is 22.4 Å².